The zero-order valence-electron chi connectivity index (χ0n) is 7.22. The molecule has 0 aromatic rings. The molecule has 0 heterocycles. The summed E-state index contributed by atoms with van der Waals surface area (Å²) in [6.45, 7) is 5.59. The first-order chi connectivity index (χ1) is 5.54. The summed E-state index contributed by atoms with van der Waals surface area (Å²) < 4.78 is 0. The van der Waals surface area contributed by atoms with E-state index in [4.69, 9.17) is 0 Å². The number of fused-ring (bicyclic) bond motifs is 3. The lowest BCUT2D eigenvalue weighted by Crippen LogP contribution is -2.47. The first-order valence-corrected chi connectivity index (χ1v) is 4.31. The highest BCUT2D eigenvalue weighted by Crippen LogP contribution is 2.47. The van der Waals surface area contributed by atoms with E-state index in [1.165, 1.54) is 0 Å². The van der Waals surface area contributed by atoms with E-state index in [-0.39, 0.29) is 17.5 Å². The maximum Gasteiger partial charge on any atom is 0.165 e. The Morgan fingerprint density at radius 2 is 2.17 bits per heavy atom. The molecule has 2 heteroatoms. The number of rotatable bonds is 0. The maximum absolute atomic E-state index is 11.6. The average molecular weight is 164 g/mol. The van der Waals surface area contributed by atoms with Gasteiger partial charge in [0.05, 0.1) is 0 Å². The molecule has 3 rings (SSSR count). The first kappa shape index (κ1) is 7.71. The Hall–Kier alpha value is -0.920. The highest BCUT2D eigenvalue weighted by molar-refractivity contribution is 6.11. The van der Waals surface area contributed by atoms with Crippen LogP contribution in [0, 0.1) is 11.3 Å². The highest BCUT2D eigenvalue weighted by Gasteiger charge is 2.50. The van der Waals surface area contributed by atoms with Gasteiger partial charge < -0.3 is 0 Å². The van der Waals surface area contributed by atoms with Gasteiger partial charge >= 0.3 is 0 Å². The molecule has 3 aliphatic rings. The molecule has 0 N–H and O–H groups in total. The van der Waals surface area contributed by atoms with Crippen LogP contribution in [-0.4, -0.2) is 11.6 Å². The second-order valence-corrected chi connectivity index (χ2v) is 4.15. The number of carbonyl (C=O) groups excluding carboxylic acids is 2. The van der Waals surface area contributed by atoms with Gasteiger partial charge in [-0.25, -0.2) is 0 Å². The van der Waals surface area contributed by atoms with Gasteiger partial charge in [-0.2, -0.15) is 0 Å². The zero-order valence-corrected chi connectivity index (χ0v) is 7.22. The van der Waals surface area contributed by atoms with Gasteiger partial charge in [-0.05, 0) is 18.4 Å². The molecule has 64 valence electrons. The van der Waals surface area contributed by atoms with Crippen molar-refractivity contribution in [3.8, 4) is 0 Å². The van der Waals surface area contributed by atoms with Crippen LogP contribution in [0.1, 0.15) is 26.2 Å². The van der Waals surface area contributed by atoms with Gasteiger partial charge in [-0.15, -0.1) is 0 Å². The summed E-state index contributed by atoms with van der Waals surface area (Å²) in [7, 11) is 0. The van der Waals surface area contributed by atoms with Gasteiger partial charge in [0.2, 0.25) is 0 Å². The fourth-order valence-electron chi connectivity index (χ4n) is 2.33. The fraction of sp³-hybridized carbons (Fsp3) is 0.600. The van der Waals surface area contributed by atoms with Crippen molar-refractivity contribution >= 4 is 11.6 Å². The molecule has 3 fully saturated rings. The first-order valence-electron chi connectivity index (χ1n) is 4.31. The van der Waals surface area contributed by atoms with Crippen molar-refractivity contribution in [1.29, 1.82) is 0 Å². The third-order valence-electron chi connectivity index (χ3n) is 3.20. The van der Waals surface area contributed by atoms with E-state index in [1.54, 1.807) is 0 Å². The average Bonchev–Trinajstić information content (AvgIpc) is 1.99. The van der Waals surface area contributed by atoms with Crippen molar-refractivity contribution in [1.82, 2.24) is 0 Å². The number of allylic oxidation sites excluding steroid dienone is 1. The number of hydrogen-bond donors (Lipinski definition) is 0. The van der Waals surface area contributed by atoms with Gasteiger partial charge in [0, 0.05) is 17.8 Å². The van der Waals surface area contributed by atoms with Gasteiger partial charge in [0.15, 0.2) is 5.78 Å². The summed E-state index contributed by atoms with van der Waals surface area (Å²) >= 11 is 0. The van der Waals surface area contributed by atoms with Crippen molar-refractivity contribution in [2.75, 3.05) is 0 Å². The highest BCUT2D eigenvalue weighted by atomic mass is 16.1. The molecule has 2 nitrogen and oxygen atoms in total. The minimum absolute atomic E-state index is 0.123. The lowest BCUT2D eigenvalue weighted by atomic mass is 9.58. The molecule has 0 spiro atoms. The molecule has 0 saturated heterocycles. The molecule has 0 amide bonds. The molecule has 0 aromatic carbocycles. The van der Waals surface area contributed by atoms with E-state index in [9.17, 15) is 9.59 Å². The Bertz CT molecular complexity index is 290. The minimum Gasteiger partial charge on any atom is -0.299 e. The number of carbonyl (C=O) groups is 2. The molecule has 0 aliphatic heterocycles. The van der Waals surface area contributed by atoms with E-state index in [2.05, 4.69) is 6.58 Å². The minimum atomic E-state index is -0.400. The molecule has 2 atom stereocenters. The van der Waals surface area contributed by atoms with Crippen LogP contribution in [0.5, 0.6) is 0 Å². The van der Waals surface area contributed by atoms with E-state index in [1.807, 2.05) is 6.92 Å². The number of ketones is 2. The number of Topliss-reactive ketones (excluding diaryl/α,β-unsaturated/α-hetero) is 2. The van der Waals surface area contributed by atoms with E-state index in [0.29, 0.717) is 12.0 Å². The second kappa shape index (κ2) is 2.06. The van der Waals surface area contributed by atoms with Crippen LogP contribution in [0.25, 0.3) is 0 Å². The molecule has 0 unspecified atom stereocenters. The van der Waals surface area contributed by atoms with Crippen molar-refractivity contribution in [3.05, 3.63) is 12.2 Å². The second-order valence-electron chi connectivity index (χ2n) is 4.15. The molecule has 3 saturated carbocycles. The fourth-order valence-corrected chi connectivity index (χ4v) is 2.33. The van der Waals surface area contributed by atoms with E-state index >= 15 is 0 Å². The van der Waals surface area contributed by atoms with Crippen LogP contribution < -0.4 is 0 Å². The predicted molar refractivity (Wildman–Crippen MR) is 44.6 cm³/mol. The zero-order chi connectivity index (χ0) is 8.93. The number of hydrogen-bond acceptors (Lipinski definition) is 2. The maximum atomic E-state index is 11.6. The molecular weight excluding hydrogens is 152 g/mol. The molecule has 0 aromatic heterocycles. The smallest absolute Gasteiger partial charge is 0.165 e. The Kier molecular flexibility index (Phi) is 1.33. The monoisotopic (exact) mass is 164 g/mol. The normalized spacial score (nSPS) is 40.8. The molecule has 2 bridgehead atoms. The predicted octanol–water partition coefficient (Wildman–Crippen LogP) is 1.50. The van der Waals surface area contributed by atoms with E-state index in [0.717, 1.165) is 12.8 Å². The lowest BCUT2D eigenvalue weighted by Gasteiger charge is -2.42. The van der Waals surface area contributed by atoms with Crippen LogP contribution in [-0.2, 0) is 9.59 Å². The summed E-state index contributed by atoms with van der Waals surface area (Å²) in [6.07, 6.45) is 2.14. The topological polar surface area (TPSA) is 34.1 Å². The SMILES string of the molecule is C=C1C(=O)[C@@]2(C)CC[C@@H]1C(=O)C2. The lowest BCUT2D eigenvalue weighted by molar-refractivity contribution is -0.141. The van der Waals surface area contributed by atoms with Crippen molar-refractivity contribution in [3.63, 3.8) is 0 Å². The van der Waals surface area contributed by atoms with Gasteiger partial charge in [-0.1, -0.05) is 13.5 Å². The summed E-state index contributed by atoms with van der Waals surface area (Å²) in [5.41, 5.74) is 0.156. The van der Waals surface area contributed by atoms with Crippen LogP contribution in [0.2, 0.25) is 0 Å². The van der Waals surface area contributed by atoms with Crippen LogP contribution in [0.15, 0.2) is 12.2 Å². The molecule has 3 aliphatic carbocycles. The van der Waals surface area contributed by atoms with Gasteiger partial charge in [0.1, 0.15) is 5.78 Å². The summed E-state index contributed by atoms with van der Waals surface area (Å²) in [6, 6.07) is 0. The third kappa shape index (κ3) is 0.752. The Balaban J connectivity index is 2.45. The van der Waals surface area contributed by atoms with Crippen LogP contribution in [0.3, 0.4) is 0 Å². The Morgan fingerprint density at radius 1 is 1.50 bits per heavy atom. The summed E-state index contributed by atoms with van der Waals surface area (Å²) in [4.78, 5) is 23.0. The largest absolute Gasteiger partial charge is 0.299 e. The standard InChI is InChI=1S/C10H12O2/c1-6-7-3-4-10(2,9(6)12)5-8(7)11/h7H,1,3-5H2,2H3/t7-,10-/m0/s1. The Labute approximate surface area is 71.6 Å². The summed E-state index contributed by atoms with van der Waals surface area (Å²) in [5, 5.41) is 0. The van der Waals surface area contributed by atoms with Crippen LogP contribution in [0.4, 0.5) is 0 Å². The molecule has 12 heavy (non-hydrogen) atoms. The Morgan fingerprint density at radius 3 is 2.67 bits per heavy atom. The van der Waals surface area contributed by atoms with Crippen molar-refractivity contribution in [2.45, 2.75) is 26.2 Å². The van der Waals surface area contributed by atoms with Gasteiger partial charge in [-0.3, -0.25) is 9.59 Å². The van der Waals surface area contributed by atoms with Crippen molar-refractivity contribution < 1.29 is 9.59 Å². The molecule has 0 radical (unpaired) electrons. The van der Waals surface area contributed by atoms with Gasteiger partial charge in [0.25, 0.3) is 0 Å². The van der Waals surface area contributed by atoms with Crippen molar-refractivity contribution in [2.24, 2.45) is 11.3 Å². The van der Waals surface area contributed by atoms with E-state index < -0.39 is 5.41 Å². The summed E-state index contributed by atoms with van der Waals surface area (Å²) in [5.74, 6) is 0.200. The third-order valence-corrected chi connectivity index (χ3v) is 3.20. The quantitative estimate of drug-likeness (QED) is 0.508. The van der Waals surface area contributed by atoms with Crippen LogP contribution >= 0.6 is 0 Å². The molecular formula is C10H12O2.